The van der Waals surface area contributed by atoms with Crippen LogP contribution in [0.3, 0.4) is 0 Å². The maximum absolute atomic E-state index is 13.4. The number of hydrogen-bond donors (Lipinski definition) is 0. The van der Waals surface area contributed by atoms with Gasteiger partial charge in [-0.3, -0.25) is 14.3 Å². The molecule has 0 aromatic heterocycles. The van der Waals surface area contributed by atoms with Gasteiger partial charge in [-0.1, -0.05) is 17.7 Å². The number of nitrogens with zero attached hydrogens (tertiary/aromatic N) is 2. The second-order valence-corrected chi connectivity index (χ2v) is 7.47. The second kappa shape index (κ2) is 6.63. The van der Waals surface area contributed by atoms with Crippen LogP contribution in [-0.2, 0) is 21.3 Å². The summed E-state index contributed by atoms with van der Waals surface area (Å²) in [6.07, 6.45) is 0. The number of halogens is 1. The molecule has 0 fully saturated rings. The first-order chi connectivity index (χ1) is 11.1. The molecule has 0 aliphatic rings. The largest absolute Gasteiger partial charge is 0.754 e. The molecule has 0 heterocycles. The quantitative estimate of drug-likeness (QED) is 0.449. The summed E-state index contributed by atoms with van der Waals surface area (Å²) in [5.41, 5.74) is -0.861. The van der Waals surface area contributed by atoms with E-state index in [1.807, 2.05) is 0 Å². The van der Waals surface area contributed by atoms with Crippen LogP contribution in [0.25, 0.3) is 0 Å². The van der Waals surface area contributed by atoms with Gasteiger partial charge < -0.3 is 4.55 Å². The molecule has 0 spiro atoms. The van der Waals surface area contributed by atoms with Gasteiger partial charge in [-0.05, 0) is 31.2 Å². The smallest absolute Gasteiger partial charge is 0.306 e. The van der Waals surface area contributed by atoms with Crippen LogP contribution < -0.4 is 3.71 Å². The van der Waals surface area contributed by atoms with Crippen LogP contribution in [-0.4, -0.2) is 22.1 Å². The normalized spacial score (nSPS) is 12.6. The first kappa shape index (κ1) is 18.0. The molecule has 0 amide bonds. The Hall–Kier alpha value is -2.37. The van der Waals surface area contributed by atoms with E-state index in [2.05, 4.69) is 0 Å². The maximum atomic E-state index is 13.4. The lowest BCUT2D eigenvalue weighted by molar-refractivity contribution is -0.387. The molecule has 0 aliphatic heterocycles. The molecule has 0 aliphatic carbocycles. The van der Waals surface area contributed by atoms with Crippen LogP contribution in [0.1, 0.15) is 5.56 Å². The van der Waals surface area contributed by atoms with Crippen molar-refractivity contribution in [3.05, 3.63) is 64.0 Å². The Kier molecular flexibility index (Phi) is 4.96. The third-order valence-electron chi connectivity index (χ3n) is 3.01. The molecule has 0 radical (unpaired) electrons. The van der Waals surface area contributed by atoms with Crippen molar-refractivity contribution in [2.75, 3.05) is 3.71 Å². The topological polar surface area (TPSA) is 121 Å². The Balaban J connectivity index is 2.62. The average Bonchev–Trinajstić information content (AvgIpc) is 2.48. The zero-order valence-electron chi connectivity index (χ0n) is 12.1. The third kappa shape index (κ3) is 3.42. The predicted molar refractivity (Wildman–Crippen MR) is 82.8 cm³/mol. The highest BCUT2D eigenvalue weighted by Gasteiger charge is 2.28. The number of sulfonamides is 1. The minimum absolute atomic E-state index is 0.0376. The van der Waals surface area contributed by atoms with E-state index in [0.29, 0.717) is 12.1 Å². The van der Waals surface area contributed by atoms with Gasteiger partial charge in [0.15, 0.2) is 0 Å². The van der Waals surface area contributed by atoms with Crippen LogP contribution in [0, 0.1) is 22.9 Å². The molecule has 1 unspecified atom stereocenters. The number of nitro benzene ring substituents is 1. The van der Waals surface area contributed by atoms with E-state index in [9.17, 15) is 31.7 Å². The number of rotatable bonds is 5. The molecule has 11 heteroatoms. The lowest BCUT2D eigenvalue weighted by Crippen LogP contribution is -2.32. The monoisotopic (exact) mass is 373 g/mol. The summed E-state index contributed by atoms with van der Waals surface area (Å²) in [4.78, 5) is 9.36. The number of aryl methyl sites for hydroxylation is 1. The highest BCUT2D eigenvalue weighted by molar-refractivity contribution is 8.05. The number of hydrogen-bond acceptors (Lipinski definition) is 6. The molecule has 0 bridgehead atoms. The van der Waals surface area contributed by atoms with E-state index in [1.54, 1.807) is 6.92 Å². The summed E-state index contributed by atoms with van der Waals surface area (Å²) >= 11 is -3.31. The van der Waals surface area contributed by atoms with E-state index in [0.717, 1.165) is 11.6 Å². The van der Waals surface area contributed by atoms with Gasteiger partial charge in [-0.25, -0.2) is 8.42 Å². The summed E-state index contributed by atoms with van der Waals surface area (Å²) in [5, 5.41) is 10.8. The van der Waals surface area contributed by atoms with E-state index in [-0.39, 0.29) is 8.61 Å². The number of benzene rings is 2. The average molecular weight is 373 g/mol. The molecular formula is C13H10FN2O6S2-. The van der Waals surface area contributed by atoms with Crippen molar-refractivity contribution >= 4 is 32.7 Å². The van der Waals surface area contributed by atoms with Crippen molar-refractivity contribution in [3.63, 3.8) is 0 Å². The van der Waals surface area contributed by atoms with Crippen molar-refractivity contribution in [2.24, 2.45) is 0 Å². The molecule has 1 atom stereocenters. The van der Waals surface area contributed by atoms with Crippen LogP contribution in [0.2, 0.25) is 0 Å². The van der Waals surface area contributed by atoms with Crippen LogP contribution in [0.5, 0.6) is 0 Å². The minimum Gasteiger partial charge on any atom is -0.754 e. The molecule has 0 saturated heterocycles. The minimum atomic E-state index is -4.55. The fourth-order valence-electron chi connectivity index (χ4n) is 1.87. The van der Waals surface area contributed by atoms with Crippen LogP contribution in [0.15, 0.2) is 47.4 Å². The molecule has 2 rings (SSSR count). The Morgan fingerprint density at radius 1 is 1.17 bits per heavy atom. The Morgan fingerprint density at radius 2 is 1.75 bits per heavy atom. The summed E-state index contributed by atoms with van der Waals surface area (Å²) in [6.45, 7) is 1.71. The second-order valence-electron chi connectivity index (χ2n) is 4.66. The lowest BCUT2D eigenvalue weighted by Gasteiger charge is -2.25. The Bertz CT molecular complexity index is 915. The molecule has 128 valence electrons. The predicted octanol–water partition coefficient (Wildman–Crippen LogP) is 2.03. The van der Waals surface area contributed by atoms with Crippen molar-refractivity contribution in [3.8, 4) is 0 Å². The van der Waals surface area contributed by atoms with E-state index in [4.69, 9.17) is 0 Å². The first-order valence-electron chi connectivity index (χ1n) is 6.30. The van der Waals surface area contributed by atoms with E-state index in [1.165, 1.54) is 24.3 Å². The highest BCUT2D eigenvalue weighted by atomic mass is 32.3. The van der Waals surface area contributed by atoms with Gasteiger partial charge >= 0.3 is 5.69 Å². The standard InChI is InChI=1S/C13H11FN2O6S2/c1-9-2-5-11(6-3-9)24(21,22)16(23(19)20)10-4-7-12(14)13(8-10)15(17)18/h2-8H,1H3,(H,19,20)/p-1. The third-order valence-corrected chi connectivity index (χ3v) is 5.96. The van der Waals surface area contributed by atoms with Gasteiger partial charge in [0.25, 0.3) is 10.0 Å². The molecule has 24 heavy (non-hydrogen) atoms. The summed E-state index contributed by atoms with van der Waals surface area (Å²) < 4.78 is 61.3. The molecule has 8 nitrogen and oxygen atoms in total. The van der Waals surface area contributed by atoms with Crippen LogP contribution >= 0.6 is 0 Å². The van der Waals surface area contributed by atoms with Gasteiger partial charge in [0.05, 0.1) is 26.8 Å². The maximum Gasteiger partial charge on any atom is 0.306 e. The molecule has 2 aromatic carbocycles. The van der Waals surface area contributed by atoms with E-state index < -0.39 is 43.4 Å². The summed E-state index contributed by atoms with van der Waals surface area (Å²) in [6, 6.07) is 7.31. The van der Waals surface area contributed by atoms with Gasteiger partial charge in [0, 0.05) is 6.07 Å². The van der Waals surface area contributed by atoms with Crippen molar-refractivity contribution in [1.29, 1.82) is 0 Å². The zero-order valence-corrected chi connectivity index (χ0v) is 13.7. The van der Waals surface area contributed by atoms with Gasteiger partial charge in [0.2, 0.25) is 5.82 Å². The van der Waals surface area contributed by atoms with E-state index >= 15 is 0 Å². The van der Waals surface area contributed by atoms with Crippen LogP contribution in [0.4, 0.5) is 15.8 Å². The SMILES string of the molecule is Cc1ccc(S(=O)(=O)N(c2ccc(F)c([N+](=O)[O-])c2)S(=O)[O-])cc1. The van der Waals surface area contributed by atoms with Gasteiger partial charge in [-0.2, -0.15) is 8.10 Å². The number of anilines is 1. The highest BCUT2D eigenvalue weighted by Crippen LogP contribution is 2.29. The van der Waals surface area contributed by atoms with Gasteiger partial charge in [-0.15, -0.1) is 0 Å². The molecule has 0 N–H and O–H groups in total. The Morgan fingerprint density at radius 3 is 2.25 bits per heavy atom. The fourth-order valence-corrected chi connectivity index (χ4v) is 4.11. The lowest BCUT2D eigenvalue weighted by atomic mass is 10.2. The summed E-state index contributed by atoms with van der Waals surface area (Å²) in [5.74, 6) is -1.21. The van der Waals surface area contributed by atoms with Crippen molar-refractivity contribution < 1.29 is 26.5 Å². The van der Waals surface area contributed by atoms with Crippen molar-refractivity contribution in [2.45, 2.75) is 11.8 Å². The first-order valence-corrected chi connectivity index (χ1v) is 8.77. The zero-order chi connectivity index (χ0) is 18.1. The fraction of sp³-hybridized carbons (Fsp3) is 0.0769. The Labute approximate surface area is 139 Å². The molecule has 2 aromatic rings. The number of nitro groups is 1. The molecule has 0 saturated carbocycles. The molecular weight excluding hydrogens is 363 g/mol. The van der Waals surface area contributed by atoms with Crippen molar-refractivity contribution in [1.82, 2.24) is 0 Å². The summed E-state index contributed by atoms with van der Waals surface area (Å²) in [7, 11) is -4.55. The van der Waals surface area contributed by atoms with Gasteiger partial charge in [0.1, 0.15) is 0 Å².